The standard InChI is InChI=1S/C14H21BrO3/c1-10(16)12-9-11(15)5-6-13(12)18-8-7-14(2,3)17-4/h5-6,9-10,16H,7-8H2,1-4H3/t10-/m0/s1. The number of hydrogen-bond acceptors (Lipinski definition) is 3. The van der Waals surface area contributed by atoms with Gasteiger partial charge in [0.1, 0.15) is 5.75 Å². The van der Waals surface area contributed by atoms with Crippen LogP contribution in [0.15, 0.2) is 22.7 Å². The van der Waals surface area contributed by atoms with Crippen LogP contribution in [0.25, 0.3) is 0 Å². The van der Waals surface area contributed by atoms with E-state index in [4.69, 9.17) is 9.47 Å². The second kappa shape index (κ2) is 6.55. The molecule has 1 aromatic carbocycles. The van der Waals surface area contributed by atoms with E-state index in [0.29, 0.717) is 6.61 Å². The lowest BCUT2D eigenvalue weighted by Gasteiger charge is -2.23. The largest absolute Gasteiger partial charge is 0.493 e. The van der Waals surface area contributed by atoms with Gasteiger partial charge in [-0.25, -0.2) is 0 Å². The molecule has 0 radical (unpaired) electrons. The lowest BCUT2D eigenvalue weighted by atomic mass is 10.1. The summed E-state index contributed by atoms with van der Waals surface area (Å²) in [7, 11) is 1.70. The van der Waals surface area contributed by atoms with Gasteiger partial charge in [-0.05, 0) is 39.0 Å². The van der Waals surface area contributed by atoms with Crippen molar-refractivity contribution in [2.24, 2.45) is 0 Å². The molecule has 102 valence electrons. The van der Waals surface area contributed by atoms with E-state index in [9.17, 15) is 5.11 Å². The summed E-state index contributed by atoms with van der Waals surface area (Å²) in [6.07, 6.45) is 0.242. The number of aliphatic hydroxyl groups excluding tert-OH is 1. The first kappa shape index (κ1) is 15.5. The Hall–Kier alpha value is -0.580. The second-order valence-corrected chi connectivity index (χ2v) is 5.84. The van der Waals surface area contributed by atoms with Gasteiger partial charge in [0, 0.05) is 23.6 Å². The van der Waals surface area contributed by atoms with Crippen LogP contribution >= 0.6 is 15.9 Å². The highest BCUT2D eigenvalue weighted by molar-refractivity contribution is 9.10. The molecule has 0 fully saturated rings. The van der Waals surface area contributed by atoms with E-state index >= 15 is 0 Å². The molecule has 0 bridgehead atoms. The Morgan fingerprint density at radius 1 is 1.39 bits per heavy atom. The maximum absolute atomic E-state index is 9.71. The Kier molecular flexibility index (Phi) is 5.63. The summed E-state index contributed by atoms with van der Waals surface area (Å²) >= 11 is 3.39. The van der Waals surface area contributed by atoms with Crippen molar-refractivity contribution < 1.29 is 14.6 Å². The van der Waals surface area contributed by atoms with Crippen LogP contribution in [0.5, 0.6) is 5.75 Å². The average molecular weight is 317 g/mol. The lowest BCUT2D eigenvalue weighted by molar-refractivity contribution is 0.00522. The predicted molar refractivity (Wildman–Crippen MR) is 76.0 cm³/mol. The van der Waals surface area contributed by atoms with Gasteiger partial charge in [0.05, 0.1) is 18.3 Å². The van der Waals surface area contributed by atoms with Crippen molar-refractivity contribution in [3.63, 3.8) is 0 Å². The molecule has 1 N–H and O–H groups in total. The molecule has 18 heavy (non-hydrogen) atoms. The van der Waals surface area contributed by atoms with Gasteiger partial charge in [-0.3, -0.25) is 0 Å². The van der Waals surface area contributed by atoms with E-state index in [1.165, 1.54) is 0 Å². The van der Waals surface area contributed by atoms with Crippen LogP contribution in [0.1, 0.15) is 38.9 Å². The fraction of sp³-hybridized carbons (Fsp3) is 0.571. The summed E-state index contributed by atoms with van der Waals surface area (Å²) < 4.78 is 12.0. The Labute approximate surface area is 117 Å². The third kappa shape index (κ3) is 4.59. The molecule has 0 amide bonds. The second-order valence-electron chi connectivity index (χ2n) is 4.92. The van der Waals surface area contributed by atoms with E-state index in [1.807, 2.05) is 32.0 Å². The molecule has 0 aromatic heterocycles. The summed E-state index contributed by atoms with van der Waals surface area (Å²) in [5.74, 6) is 0.722. The third-order valence-electron chi connectivity index (χ3n) is 2.94. The van der Waals surface area contributed by atoms with Gasteiger partial charge >= 0.3 is 0 Å². The first-order valence-electron chi connectivity index (χ1n) is 6.01. The van der Waals surface area contributed by atoms with E-state index in [1.54, 1.807) is 14.0 Å². The number of ether oxygens (including phenoxy) is 2. The Morgan fingerprint density at radius 2 is 2.06 bits per heavy atom. The van der Waals surface area contributed by atoms with Crippen LogP contribution < -0.4 is 4.74 Å². The summed E-state index contributed by atoms with van der Waals surface area (Å²) in [5.41, 5.74) is 0.597. The van der Waals surface area contributed by atoms with Gasteiger partial charge in [-0.15, -0.1) is 0 Å². The van der Waals surface area contributed by atoms with E-state index in [0.717, 1.165) is 22.2 Å². The zero-order chi connectivity index (χ0) is 13.8. The quantitative estimate of drug-likeness (QED) is 0.869. The van der Waals surface area contributed by atoms with Crippen LogP contribution in [0, 0.1) is 0 Å². The molecule has 0 spiro atoms. The van der Waals surface area contributed by atoms with Crippen molar-refractivity contribution in [2.45, 2.75) is 38.9 Å². The molecular formula is C14H21BrO3. The van der Waals surface area contributed by atoms with Crippen LogP contribution in [-0.4, -0.2) is 24.4 Å². The van der Waals surface area contributed by atoms with Crippen LogP contribution in [0.4, 0.5) is 0 Å². The smallest absolute Gasteiger partial charge is 0.125 e. The molecule has 0 saturated heterocycles. The Morgan fingerprint density at radius 3 is 2.61 bits per heavy atom. The maximum Gasteiger partial charge on any atom is 0.125 e. The number of aliphatic hydroxyl groups is 1. The van der Waals surface area contributed by atoms with Crippen molar-refractivity contribution in [1.82, 2.24) is 0 Å². The summed E-state index contributed by atoms with van der Waals surface area (Å²) in [6.45, 7) is 6.33. The molecule has 4 heteroatoms. The number of benzene rings is 1. The Bertz CT molecular complexity index is 389. The summed E-state index contributed by atoms with van der Waals surface area (Å²) in [4.78, 5) is 0. The van der Waals surface area contributed by atoms with Gasteiger partial charge in [0.15, 0.2) is 0 Å². The summed E-state index contributed by atoms with van der Waals surface area (Å²) in [6, 6.07) is 5.65. The van der Waals surface area contributed by atoms with Crippen molar-refractivity contribution in [3.8, 4) is 5.75 Å². The molecule has 0 unspecified atom stereocenters. The van der Waals surface area contributed by atoms with Crippen LogP contribution in [0.3, 0.4) is 0 Å². The Balaban J connectivity index is 2.67. The normalized spacial score (nSPS) is 13.4. The minimum atomic E-state index is -0.548. The van der Waals surface area contributed by atoms with Gasteiger partial charge in [0.25, 0.3) is 0 Å². The summed E-state index contributed by atoms with van der Waals surface area (Å²) in [5, 5.41) is 9.71. The first-order chi connectivity index (χ1) is 8.35. The van der Waals surface area contributed by atoms with Gasteiger partial charge in [0.2, 0.25) is 0 Å². The van der Waals surface area contributed by atoms with Gasteiger partial charge < -0.3 is 14.6 Å². The highest BCUT2D eigenvalue weighted by Crippen LogP contribution is 2.29. The first-order valence-corrected chi connectivity index (χ1v) is 6.80. The van der Waals surface area contributed by atoms with Gasteiger partial charge in [-0.2, -0.15) is 0 Å². The number of methoxy groups -OCH3 is 1. The average Bonchev–Trinajstić information content (AvgIpc) is 2.30. The lowest BCUT2D eigenvalue weighted by Crippen LogP contribution is -2.25. The highest BCUT2D eigenvalue weighted by atomic mass is 79.9. The molecule has 3 nitrogen and oxygen atoms in total. The molecule has 1 atom stereocenters. The van der Waals surface area contributed by atoms with Crippen molar-refractivity contribution >= 4 is 15.9 Å². The zero-order valence-electron chi connectivity index (χ0n) is 11.4. The van der Waals surface area contributed by atoms with Crippen molar-refractivity contribution in [1.29, 1.82) is 0 Å². The minimum absolute atomic E-state index is 0.194. The highest BCUT2D eigenvalue weighted by Gasteiger charge is 2.17. The maximum atomic E-state index is 9.71. The SMILES string of the molecule is COC(C)(C)CCOc1ccc(Br)cc1[C@H](C)O. The van der Waals surface area contributed by atoms with E-state index in [2.05, 4.69) is 15.9 Å². The minimum Gasteiger partial charge on any atom is -0.493 e. The number of halogens is 1. The fourth-order valence-corrected chi connectivity index (χ4v) is 1.86. The topological polar surface area (TPSA) is 38.7 Å². The van der Waals surface area contributed by atoms with Crippen molar-refractivity contribution in [2.75, 3.05) is 13.7 Å². The number of rotatable bonds is 6. The van der Waals surface area contributed by atoms with Gasteiger partial charge in [-0.1, -0.05) is 15.9 Å². The molecule has 0 aliphatic carbocycles. The molecule has 0 saturated carbocycles. The molecular weight excluding hydrogens is 296 g/mol. The molecule has 0 heterocycles. The van der Waals surface area contributed by atoms with E-state index < -0.39 is 6.10 Å². The zero-order valence-corrected chi connectivity index (χ0v) is 13.0. The van der Waals surface area contributed by atoms with Crippen LogP contribution in [0.2, 0.25) is 0 Å². The molecule has 0 aliphatic heterocycles. The number of hydrogen-bond donors (Lipinski definition) is 1. The monoisotopic (exact) mass is 316 g/mol. The molecule has 1 rings (SSSR count). The fourth-order valence-electron chi connectivity index (χ4n) is 1.49. The predicted octanol–water partition coefficient (Wildman–Crippen LogP) is 3.70. The molecule has 1 aromatic rings. The molecule has 0 aliphatic rings. The van der Waals surface area contributed by atoms with Crippen molar-refractivity contribution in [3.05, 3.63) is 28.2 Å². The van der Waals surface area contributed by atoms with Crippen LogP contribution in [-0.2, 0) is 4.74 Å². The third-order valence-corrected chi connectivity index (χ3v) is 3.43. The van der Waals surface area contributed by atoms with E-state index in [-0.39, 0.29) is 5.60 Å².